The summed E-state index contributed by atoms with van der Waals surface area (Å²) in [6.07, 6.45) is 1.65. The van der Waals surface area contributed by atoms with Crippen molar-refractivity contribution >= 4 is 23.1 Å². The van der Waals surface area contributed by atoms with Gasteiger partial charge in [-0.25, -0.2) is 0 Å². The molecular weight excluding hydrogens is 486 g/mol. The molecule has 0 radical (unpaired) electrons. The lowest BCUT2D eigenvalue weighted by Crippen LogP contribution is -2.29. The largest absolute Gasteiger partial charge is 0.508 e. The van der Waals surface area contributed by atoms with Gasteiger partial charge in [-0.15, -0.1) is 0 Å². The zero-order valence-electron chi connectivity index (χ0n) is 21.3. The number of phenols is 1. The molecule has 2 N–H and O–H groups in total. The van der Waals surface area contributed by atoms with Crippen LogP contribution in [0.1, 0.15) is 43.0 Å². The van der Waals surface area contributed by atoms with E-state index in [-0.39, 0.29) is 17.1 Å². The molecule has 0 spiro atoms. The average Bonchev–Trinajstić information content (AvgIpc) is 3.19. The predicted octanol–water partition coefficient (Wildman–Crippen LogP) is 5.14. The Hall–Kier alpha value is -4.46. The number of fused-ring (bicyclic) bond motifs is 1. The molecule has 2 aliphatic rings. The van der Waals surface area contributed by atoms with Crippen molar-refractivity contribution in [2.45, 2.75) is 32.7 Å². The van der Waals surface area contributed by atoms with Gasteiger partial charge in [-0.05, 0) is 80.3 Å². The summed E-state index contributed by atoms with van der Waals surface area (Å²) in [7, 11) is 0. The number of ketones is 1. The monoisotopic (exact) mass is 515 g/mol. The predicted molar refractivity (Wildman–Crippen MR) is 142 cm³/mol. The SMILES string of the molecule is CCOc1ccc(N2C(=O)C(=O)/C(=C(\O)c3ccc4c(c3)CCCO4)C2c2ccc(O)cc2)cc1OCC. The van der Waals surface area contributed by atoms with Crippen molar-refractivity contribution in [2.24, 2.45) is 0 Å². The minimum absolute atomic E-state index is 0.0378. The van der Waals surface area contributed by atoms with Crippen LogP contribution in [0.15, 0.2) is 66.2 Å². The van der Waals surface area contributed by atoms with Crippen LogP contribution in [0.5, 0.6) is 23.0 Å². The zero-order valence-corrected chi connectivity index (χ0v) is 21.3. The molecule has 0 aromatic heterocycles. The van der Waals surface area contributed by atoms with Gasteiger partial charge in [-0.2, -0.15) is 0 Å². The number of nitrogens with zero attached hydrogens (tertiary/aromatic N) is 1. The highest BCUT2D eigenvalue weighted by atomic mass is 16.5. The van der Waals surface area contributed by atoms with Crippen molar-refractivity contribution in [3.63, 3.8) is 0 Å². The van der Waals surface area contributed by atoms with Gasteiger partial charge in [-0.3, -0.25) is 14.5 Å². The summed E-state index contributed by atoms with van der Waals surface area (Å²) < 4.78 is 17.1. The summed E-state index contributed by atoms with van der Waals surface area (Å²) in [6, 6.07) is 15.6. The van der Waals surface area contributed by atoms with E-state index in [2.05, 4.69) is 0 Å². The number of anilines is 1. The molecule has 1 unspecified atom stereocenters. The Labute approximate surface area is 220 Å². The van der Waals surface area contributed by atoms with Crippen LogP contribution >= 0.6 is 0 Å². The van der Waals surface area contributed by atoms with Crippen LogP contribution in [0, 0.1) is 0 Å². The van der Waals surface area contributed by atoms with Crippen LogP contribution in [-0.2, 0) is 16.0 Å². The molecule has 1 amide bonds. The van der Waals surface area contributed by atoms with Crippen LogP contribution < -0.4 is 19.1 Å². The topological polar surface area (TPSA) is 106 Å². The number of carbonyl (C=O) groups excluding carboxylic acids is 2. The quantitative estimate of drug-likeness (QED) is 0.255. The number of phenolic OH excluding ortho intramolecular Hbond substituents is 1. The third kappa shape index (κ3) is 4.53. The van der Waals surface area contributed by atoms with Gasteiger partial charge in [0.25, 0.3) is 11.7 Å². The fourth-order valence-electron chi connectivity index (χ4n) is 4.92. The second-order valence-corrected chi connectivity index (χ2v) is 9.03. The number of amides is 1. The lowest BCUT2D eigenvalue weighted by atomic mass is 9.94. The van der Waals surface area contributed by atoms with Crippen molar-refractivity contribution in [3.05, 3.63) is 82.9 Å². The van der Waals surface area contributed by atoms with Crippen LogP contribution in [-0.4, -0.2) is 41.7 Å². The number of Topliss-reactive ketones (excluding diaryl/α,β-unsaturated/α-hetero) is 1. The number of aliphatic hydroxyl groups excluding tert-OH is 1. The van der Waals surface area contributed by atoms with E-state index in [1.165, 1.54) is 17.0 Å². The van der Waals surface area contributed by atoms with Gasteiger partial charge in [0.05, 0.1) is 31.4 Å². The molecule has 1 fully saturated rings. The number of rotatable bonds is 7. The molecule has 3 aromatic rings. The third-order valence-corrected chi connectivity index (χ3v) is 6.64. The molecule has 0 bridgehead atoms. The highest BCUT2D eigenvalue weighted by Gasteiger charge is 2.47. The first-order valence-corrected chi connectivity index (χ1v) is 12.7. The molecule has 2 heterocycles. The standard InChI is InChI=1S/C30H29NO7/c1-3-36-24-14-10-21(17-25(24)37-4-2)31-27(18-7-11-22(32)12-8-18)26(29(34)30(31)35)28(33)20-9-13-23-19(16-20)6-5-15-38-23/h7-14,16-17,27,32-33H,3-6,15H2,1-2H3/b28-26-. The van der Waals surface area contributed by atoms with Crippen molar-refractivity contribution in [1.82, 2.24) is 0 Å². The molecule has 1 atom stereocenters. The maximum Gasteiger partial charge on any atom is 0.300 e. The fraction of sp³-hybridized carbons (Fsp3) is 0.267. The van der Waals surface area contributed by atoms with Crippen LogP contribution in [0.4, 0.5) is 5.69 Å². The highest BCUT2D eigenvalue weighted by Crippen LogP contribution is 2.44. The molecule has 2 aliphatic heterocycles. The molecule has 8 nitrogen and oxygen atoms in total. The molecule has 0 aliphatic carbocycles. The first-order chi connectivity index (χ1) is 18.4. The summed E-state index contributed by atoms with van der Waals surface area (Å²) in [5.74, 6) is -0.103. The first-order valence-electron chi connectivity index (χ1n) is 12.7. The number of hydrogen-bond donors (Lipinski definition) is 2. The van der Waals surface area contributed by atoms with E-state index in [0.29, 0.717) is 48.1 Å². The Morgan fingerprint density at radius 1 is 0.974 bits per heavy atom. The smallest absolute Gasteiger partial charge is 0.300 e. The highest BCUT2D eigenvalue weighted by molar-refractivity contribution is 6.51. The van der Waals surface area contributed by atoms with E-state index in [1.807, 2.05) is 13.8 Å². The molecule has 0 saturated carbocycles. The van der Waals surface area contributed by atoms with Crippen LogP contribution in [0.3, 0.4) is 0 Å². The average molecular weight is 516 g/mol. The number of aliphatic hydroxyl groups is 1. The summed E-state index contributed by atoms with van der Waals surface area (Å²) in [5.41, 5.74) is 2.29. The number of hydrogen-bond acceptors (Lipinski definition) is 7. The molecule has 3 aromatic carbocycles. The van der Waals surface area contributed by atoms with Gasteiger partial charge in [-0.1, -0.05) is 12.1 Å². The normalized spacial score (nSPS) is 18.2. The minimum Gasteiger partial charge on any atom is -0.508 e. The molecular formula is C30H29NO7. The second-order valence-electron chi connectivity index (χ2n) is 9.03. The maximum atomic E-state index is 13.5. The van der Waals surface area contributed by atoms with E-state index in [0.717, 1.165) is 24.2 Å². The molecule has 8 heteroatoms. The minimum atomic E-state index is -0.935. The van der Waals surface area contributed by atoms with E-state index in [4.69, 9.17) is 14.2 Å². The number of aromatic hydroxyl groups is 1. The number of aryl methyl sites for hydroxylation is 1. The van der Waals surface area contributed by atoms with E-state index < -0.39 is 17.7 Å². The molecule has 196 valence electrons. The van der Waals surface area contributed by atoms with Crippen molar-refractivity contribution < 1.29 is 34.0 Å². The Kier molecular flexibility index (Phi) is 6.96. The summed E-state index contributed by atoms with van der Waals surface area (Å²) in [6.45, 7) is 5.15. The van der Waals surface area contributed by atoms with Crippen LogP contribution in [0.2, 0.25) is 0 Å². The first kappa shape index (κ1) is 25.2. The molecule has 5 rings (SSSR count). The van der Waals surface area contributed by atoms with E-state index in [1.54, 1.807) is 48.5 Å². The molecule has 38 heavy (non-hydrogen) atoms. The lowest BCUT2D eigenvalue weighted by molar-refractivity contribution is -0.132. The summed E-state index contributed by atoms with van der Waals surface area (Å²) in [4.78, 5) is 28.3. The van der Waals surface area contributed by atoms with Crippen molar-refractivity contribution in [2.75, 3.05) is 24.7 Å². The molecule has 1 saturated heterocycles. The fourth-order valence-corrected chi connectivity index (χ4v) is 4.92. The summed E-state index contributed by atoms with van der Waals surface area (Å²) >= 11 is 0. The second kappa shape index (κ2) is 10.5. The number of carbonyl (C=O) groups is 2. The Morgan fingerprint density at radius 3 is 2.45 bits per heavy atom. The summed E-state index contributed by atoms with van der Waals surface area (Å²) in [5, 5.41) is 21.3. The lowest BCUT2D eigenvalue weighted by Gasteiger charge is -2.26. The van der Waals surface area contributed by atoms with Gasteiger partial charge >= 0.3 is 0 Å². The van der Waals surface area contributed by atoms with Gasteiger partial charge < -0.3 is 24.4 Å². The van der Waals surface area contributed by atoms with Gasteiger partial charge in [0, 0.05) is 17.3 Å². The van der Waals surface area contributed by atoms with Gasteiger partial charge in [0.1, 0.15) is 17.3 Å². The van der Waals surface area contributed by atoms with Crippen LogP contribution in [0.25, 0.3) is 5.76 Å². The Balaban J connectivity index is 1.67. The Morgan fingerprint density at radius 2 is 1.71 bits per heavy atom. The number of benzene rings is 3. The third-order valence-electron chi connectivity index (χ3n) is 6.64. The van der Waals surface area contributed by atoms with Crippen molar-refractivity contribution in [1.29, 1.82) is 0 Å². The number of ether oxygens (including phenoxy) is 3. The Bertz CT molecular complexity index is 1410. The van der Waals surface area contributed by atoms with E-state index >= 15 is 0 Å². The maximum absolute atomic E-state index is 13.5. The van der Waals surface area contributed by atoms with Gasteiger partial charge in [0.15, 0.2) is 11.5 Å². The van der Waals surface area contributed by atoms with E-state index in [9.17, 15) is 19.8 Å². The van der Waals surface area contributed by atoms with Gasteiger partial charge in [0.2, 0.25) is 0 Å². The zero-order chi connectivity index (χ0) is 26.8. The van der Waals surface area contributed by atoms with Crippen molar-refractivity contribution in [3.8, 4) is 23.0 Å².